The zero-order chi connectivity index (χ0) is 9.10. The van der Waals surface area contributed by atoms with Gasteiger partial charge in [-0.2, -0.15) is 0 Å². The van der Waals surface area contributed by atoms with Crippen LogP contribution >= 0.6 is 11.6 Å². The van der Waals surface area contributed by atoms with Crippen LogP contribution in [0.15, 0.2) is 18.7 Å². The minimum absolute atomic E-state index is 0.346. The molecule has 0 radical (unpaired) electrons. The normalized spacial score (nSPS) is 28.7. The summed E-state index contributed by atoms with van der Waals surface area (Å²) < 4.78 is 0. The minimum Gasteiger partial charge on any atom is -0.245 e. The van der Waals surface area contributed by atoms with Crippen molar-refractivity contribution in [2.45, 2.75) is 37.0 Å². The van der Waals surface area contributed by atoms with Crippen molar-refractivity contribution in [3.63, 3.8) is 0 Å². The van der Waals surface area contributed by atoms with Crippen molar-refractivity contribution in [3.8, 4) is 0 Å². The molecule has 1 fully saturated rings. The van der Waals surface area contributed by atoms with Gasteiger partial charge in [0, 0.05) is 17.8 Å². The Kier molecular flexibility index (Phi) is 2.79. The van der Waals surface area contributed by atoms with E-state index in [0.717, 1.165) is 12.8 Å². The van der Waals surface area contributed by atoms with Crippen molar-refractivity contribution in [1.82, 2.24) is 9.97 Å². The summed E-state index contributed by atoms with van der Waals surface area (Å²) in [6.07, 6.45) is 10.1. The van der Waals surface area contributed by atoms with E-state index in [1.165, 1.54) is 18.4 Å². The van der Waals surface area contributed by atoms with E-state index in [9.17, 15) is 0 Å². The summed E-state index contributed by atoms with van der Waals surface area (Å²) in [4.78, 5) is 8.06. The van der Waals surface area contributed by atoms with Gasteiger partial charge in [0.2, 0.25) is 0 Å². The Balaban J connectivity index is 2.08. The van der Waals surface area contributed by atoms with Crippen LogP contribution in [-0.4, -0.2) is 15.3 Å². The third-order valence-corrected chi connectivity index (χ3v) is 3.06. The highest BCUT2D eigenvalue weighted by Crippen LogP contribution is 2.34. The molecule has 2 rings (SSSR count). The summed E-state index contributed by atoms with van der Waals surface area (Å²) in [5.74, 6) is 0.581. The number of hydrogen-bond acceptors (Lipinski definition) is 2. The Bertz CT molecular complexity index is 263. The first kappa shape index (κ1) is 8.95. The molecular weight excluding hydrogens is 184 g/mol. The van der Waals surface area contributed by atoms with E-state index >= 15 is 0 Å². The molecule has 0 spiro atoms. The largest absolute Gasteiger partial charge is 0.245 e. The second-order valence-electron chi connectivity index (χ2n) is 3.63. The lowest BCUT2D eigenvalue weighted by Crippen LogP contribution is -2.14. The van der Waals surface area contributed by atoms with E-state index in [4.69, 9.17) is 11.6 Å². The molecule has 2 nitrogen and oxygen atoms in total. The zero-order valence-corrected chi connectivity index (χ0v) is 8.24. The van der Waals surface area contributed by atoms with Crippen molar-refractivity contribution in [3.05, 3.63) is 24.3 Å². The minimum atomic E-state index is 0.346. The molecule has 1 saturated carbocycles. The van der Waals surface area contributed by atoms with Crippen molar-refractivity contribution in [2.24, 2.45) is 0 Å². The molecule has 1 heterocycles. The molecule has 1 aromatic rings. The number of hydrogen-bond donors (Lipinski definition) is 0. The number of rotatable bonds is 1. The highest BCUT2D eigenvalue weighted by atomic mass is 35.5. The molecule has 3 heteroatoms. The van der Waals surface area contributed by atoms with Crippen LogP contribution in [0.1, 0.15) is 37.2 Å². The third-order valence-electron chi connectivity index (χ3n) is 2.66. The first-order chi connectivity index (χ1) is 6.36. The van der Waals surface area contributed by atoms with Crippen LogP contribution in [0.25, 0.3) is 0 Å². The number of nitrogens with zero attached hydrogens (tertiary/aromatic N) is 2. The Morgan fingerprint density at radius 1 is 1.23 bits per heavy atom. The molecule has 0 bridgehead atoms. The first-order valence-electron chi connectivity index (χ1n) is 4.75. The highest BCUT2D eigenvalue weighted by Gasteiger charge is 2.21. The average molecular weight is 197 g/mol. The third kappa shape index (κ3) is 2.19. The Labute approximate surface area is 83.4 Å². The van der Waals surface area contributed by atoms with Gasteiger partial charge in [0.25, 0.3) is 0 Å². The van der Waals surface area contributed by atoms with Gasteiger partial charge in [-0.05, 0) is 30.7 Å². The van der Waals surface area contributed by atoms with Gasteiger partial charge in [-0.1, -0.05) is 6.42 Å². The Morgan fingerprint density at radius 3 is 2.69 bits per heavy atom. The highest BCUT2D eigenvalue weighted by molar-refractivity contribution is 6.20. The van der Waals surface area contributed by atoms with E-state index in [2.05, 4.69) is 9.97 Å². The SMILES string of the molecule is ClC1CCCC(c2cncnc2)C1. The van der Waals surface area contributed by atoms with Crippen LogP contribution in [0, 0.1) is 0 Å². The van der Waals surface area contributed by atoms with Crippen LogP contribution in [0.2, 0.25) is 0 Å². The maximum absolute atomic E-state index is 6.12. The van der Waals surface area contributed by atoms with Gasteiger partial charge in [-0.15, -0.1) is 11.6 Å². The predicted octanol–water partition coefficient (Wildman–Crippen LogP) is 2.74. The quantitative estimate of drug-likeness (QED) is 0.646. The summed E-state index contributed by atoms with van der Waals surface area (Å²) in [6.45, 7) is 0. The fourth-order valence-electron chi connectivity index (χ4n) is 1.95. The van der Waals surface area contributed by atoms with Gasteiger partial charge in [-0.25, -0.2) is 9.97 Å². The second kappa shape index (κ2) is 4.05. The molecule has 2 atom stereocenters. The van der Waals surface area contributed by atoms with Crippen LogP contribution in [0.3, 0.4) is 0 Å². The van der Waals surface area contributed by atoms with Crippen molar-refractivity contribution >= 4 is 11.6 Å². The van der Waals surface area contributed by atoms with Gasteiger partial charge < -0.3 is 0 Å². The summed E-state index contributed by atoms with van der Waals surface area (Å²) in [5, 5.41) is 0.346. The van der Waals surface area contributed by atoms with Gasteiger partial charge in [0.05, 0.1) is 0 Å². The summed E-state index contributed by atoms with van der Waals surface area (Å²) >= 11 is 6.12. The monoisotopic (exact) mass is 196 g/mol. The lowest BCUT2D eigenvalue weighted by Gasteiger charge is -2.24. The average Bonchev–Trinajstić information content (AvgIpc) is 2.19. The first-order valence-corrected chi connectivity index (χ1v) is 5.19. The molecule has 1 aliphatic carbocycles. The van der Waals surface area contributed by atoms with Gasteiger partial charge in [0.15, 0.2) is 0 Å². The van der Waals surface area contributed by atoms with E-state index in [1.54, 1.807) is 6.33 Å². The molecule has 13 heavy (non-hydrogen) atoms. The van der Waals surface area contributed by atoms with Crippen molar-refractivity contribution in [2.75, 3.05) is 0 Å². The summed E-state index contributed by atoms with van der Waals surface area (Å²) in [5.41, 5.74) is 1.24. The van der Waals surface area contributed by atoms with Crippen LogP contribution in [-0.2, 0) is 0 Å². The van der Waals surface area contributed by atoms with Crippen molar-refractivity contribution < 1.29 is 0 Å². The topological polar surface area (TPSA) is 25.8 Å². The molecular formula is C10H13ClN2. The molecule has 0 aliphatic heterocycles. The number of alkyl halides is 1. The van der Waals surface area contributed by atoms with Crippen LogP contribution in [0.4, 0.5) is 0 Å². The van der Waals surface area contributed by atoms with Gasteiger partial charge in [0.1, 0.15) is 6.33 Å². The number of aromatic nitrogens is 2. The number of halogens is 1. The zero-order valence-electron chi connectivity index (χ0n) is 7.49. The van der Waals surface area contributed by atoms with Crippen LogP contribution < -0.4 is 0 Å². The summed E-state index contributed by atoms with van der Waals surface area (Å²) in [6, 6.07) is 0. The maximum Gasteiger partial charge on any atom is 0.115 e. The molecule has 1 aliphatic rings. The Morgan fingerprint density at radius 2 is 2.00 bits per heavy atom. The molecule has 70 valence electrons. The van der Waals surface area contributed by atoms with Gasteiger partial charge >= 0.3 is 0 Å². The van der Waals surface area contributed by atoms with E-state index in [0.29, 0.717) is 11.3 Å². The molecule has 2 unspecified atom stereocenters. The predicted molar refractivity (Wildman–Crippen MR) is 52.9 cm³/mol. The smallest absolute Gasteiger partial charge is 0.115 e. The van der Waals surface area contributed by atoms with E-state index in [1.807, 2.05) is 12.4 Å². The summed E-state index contributed by atoms with van der Waals surface area (Å²) in [7, 11) is 0. The Hall–Kier alpha value is -0.630. The standard InChI is InChI=1S/C10H13ClN2/c11-10-3-1-2-8(4-10)9-5-12-7-13-6-9/h5-8,10H,1-4H2. The van der Waals surface area contributed by atoms with E-state index < -0.39 is 0 Å². The molecule has 0 saturated heterocycles. The second-order valence-corrected chi connectivity index (χ2v) is 4.25. The molecule has 0 aromatic carbocycles. The molecule has 0 N–H and O–H groups in total. The fraction of sp³-hybridized carbons (Fsp3) is 0.600. The van der Waals surface area contributed by atoms with Crippen molar-refractivity contribution in [1.29, 1.82) is 0 Å². The lowest BCUT2D eigenvalue weighted by molar-refractivity contribution is 0.448. The molecule has 1 aromatic heterocycles. The maximum atomic E-state index is 6.12. The fourth-order valence-corrected chi connectivity index (χ4v) is 2.32. The molecule has 0 amide bonds. The van der Waals surface area contributed by atoms with E-state index in [-0.39, 0.29) is 0 Å². The van der Waals surface area contributed by atoms with Gasteiger partial charge in [-0.3, -0.25) is 0 Å². The lowest BCUT2D eigenvalue weighted by atomic mass is 9.85. The van der Waals surface area contributed by atoms with Crippen LogP contribution in [0.5, 0.6) is 0 Å².